The molecule has 0 amide bonds. The maximum Gasteiger partial charge on any atom is 0.122 e. The van der Waals surface area contributed by atoms with E-state index in [9.17, 15) is 0 Å². The van der Waals surface area contributed by atoms with Crippen molar-refractivity contribution < 1.29 is 9.47 Å². The SMILES string of the molecule is CCc1ccc(OC)c(C(CN)CCCOc2ccccc2)c1. The summed E-state index contributed by atoms with van der Waals surface area (Å²) in [5.41, 5.74) is 8.55. The van der Waals surface area contributed by atoms with E-state index in [1.165, 1.54) is 11.1 Å². The Kier molecular flexibility index (Phi) is 6.95. The quantitative estimate of drug-likeness (QED) is 0.707. The van der Waals surface area contributed by atoms with Crippen LogP contribution in [0.2, 0.25) is 0 Å². The molecule has 1 atom stereocenters. The fourth-order valence-corrected chi connectivity index (χ4v) is 2.76. The molecule has 3 heteroatoms. The molecule has 3 nitrogen and oxygen atoms in total. The van der Waals surface area contributed by atoms with Gasteiger partial charge in [-0.05, 0) is 61.1 Å². The van der Waals surface area contributed by atoms with Crippen molar-refractivity contribution in [2.75, 3.05) is 20.3 Å². The van der Waals surface area contributed by atoms with Crippen LogP contribution in [0.25, 0.3) is 0 Å². The molecule has 2 N–H and O–H groups in total. The van der Waals surface area contributed by atoms with Crippen molar-refractivity contribution in [2.45, 2.75) is 32.1 Å². The molecule has 0 aliphatic heterocycles. The Hall–Kier alpha value is -2.00. The highest BCUT2D eigenvalue weighted by molar-refractivity contribution is 5.40. The summed E-state index contributed by atoms with van der Waals surface area (Å²) in [6.45, 7) is 3.49. The zero-order chi connectivity index (χ0) is 16.5. The third kappa shape index (κ3) is 5.00. The van der Waals surface area contributed by atoms with Gasteiger partial charge in [0.05, 0.1) is 13.7 Å². The van der Waals surface area contributed by atoms with Gasteiger partial charge in [-0.2, -0.15) is 0 Å². The van der Waals surface area contributed by atoms with Gasteiger partial charge in [-0.3, -0.25) is 0 Å². The van der Waals surface area contributed by atoms with Gasteiger partial charge in [0.15, 0.2) is 0 Å². The number of rotatable bonds is 9. The molecule has 1 unspecified atom stereocenters. The van der Waals surface area contributed by atoms with Gasteiger partial charge in [0.25, 0.3) is 0 Å². The zero-order valence-electron chi connectivity index (χ0n) is 14.1. The van der Waals surface area contributed by atoms with Crippen LogP contribution in [0, 0.1) is 0 Å². The maximum atomic E-state index is 6.02. The van der Waals surface area contributed by atoms with E-state index < -0.39 is 0 Å². The van der Waals surface area contributed by atoms with Crippen LogP contribution in [0.1, 0.15) is 36.8 Å². The predicted molar refractivity (Wildman–Crippen MR) is 95.3 cm³/mol. The van der Waals surface area contributed by atoms with Gasteiger partial charge >= 0.3 is 0 Å². The number of hydrogen-bond donors (Lipinski definition) is 1. The molecule has 0 radical (unpaired) electrons. The number of nitrogens with two attached hydrogens (primary N) is 1. The average Bonchev–Trinajstić information content (AvgIpc) is 2.62. The molecule has 0 aliphatic carbocycles. The van der Waals surface area contributed by atoms with Crippen LogP contribution < -0.4 is 15.2 Å². The van der Waals surface area contributed by atoms with Crippen molar-refractivity contribution in [1.82, 2.24) is 0 Å². The monoisotopic (exact) mass is 313 g/mol. The van der Waals surface area contributed by atoms with Crippen LogP contribution in [0.3, 0.4) is 0 Å². The van der Waals surface area contributed by atoms with Crippen LogP contribution in [0.15, 0.2) is 48.5 Å². The molecule has 0 saturated carbocycles. The highest BCUT2D eigenvalue weighted by atomic mass is 16.5. The minimum Gasteiger partial charge on any atom is -0.496 e. The number of methoxy groups -OCH3 is 1. The van der Waals surface area contributed by atoms with Gasteiger partial charge in [0.1, 0.15) is 11.5 Å². The van der Waals surface area contributed by atoms with E-state index in [1.807, 2.05) is 30.3 Å². The largest absolute Gasteiger partial charge is 0.496 e. The van der Waals surface area contributed by atoms with Crippen molar-refractivity contribution in [3.05, 3.63) is 59.7 Å². The molecule has 2 aromatic carbocycles. The lowest BCUT2D eigenvalue weighted by atomic mass is 9.92. The van der Waals surface area contributed by atoms with Crippen LogP contribution in [-0.2, 0) is 6.42 Å². The highest BCUT2D eigenvalue weighted by Gasteiger charge is 2.15. The van der Waals surface area contributed by atoms with Gasteiger partial charge in [-0.1, -0.05) is 37.3 Å². The van der Waals surface area contributed by atoms with Crippen molar-refractivity contribution in [3.8, 4) is 11.5 Å². The zero-order valence-corrected chi connectivity index (χ0v) is 14.1. The van der Waals surface area contributed by atoms with Crippen molar-refractivity contribution in [3.63, 3.8) is 0 Å². The fraction of sp³-hybridized carbons (Fsp3) is 0.400. The summed E-state index contributed by atoms with van der Waals surface area (Å²) in [7, 11) is 1.72. The summed E-state index contributed by atoms with van der Waals surface area (Å²) < 4.78 is 11.3. The molecule has 0 aromatic heterocycles. The van der Waals surface area contributed by atoms with Gasteiger partial charge in [-0.15, -0.1) is 0 Å². The number of benzene rings is 2. The van der Waals surface area contributed by atoms with Crippen LogP contribution in [-0.4, -0.2) is 20.3 Å². The van der Waals surface area contributed by atoms with E-state index in [2.05, 4.69) is 25.1 Å². The summed E-state index contributed by atoms with van der Waals surface area (Å²) in [4.78, 5) is 0. The summed E-state index contributed by atoms with van der Waals surface area (Å²) in [5, 5.41) is 0. The number of aryl methyl sites for hydroxylation is 1. The molecule has 0 bridgehead atoms. The van der Waals surface area contributed by atoms with Gasteiger partial charge < -0.3 is 15.2 Å². The summed E-state index contributed by atoms with van der Waals surface area (Å²) in [6.07, 6.45) is 2.98. The van der Waals surface area contributed by atoms with E-state index in [0.717, 1.165) is 30.8 Å². The van der Waals surface area contributed by atoms with Crippen molar-refractivity contribution in [2.24, 2.45) is 5.73 Å². The Labute approximate surface area is 139 Å². The van der Waals surface area contributed by atoms with E-state index in [4.69, 9.17) is 15.2 Å². The first kappa shape index (κ1) is 17.4. The predicted octanol–water partition coefficient (Wildman–Crippen LogP) is 4.16. The minimum atomic E-state index is 0.302. The minimum absolute atomic E-state index is 0.302. The molecule has 0 heterocycles. The molecule has 0 spiro atoms. The van der Waals surface area contributed by atoms with Gasteiger partial charge in [-0.25, -0.2) is 0 Å². The van der Waals surface area contributed by atoms with Crippen molar-refractivity contribution in [1.29, 1.82) is 0 Å². The fourth-order valence-electron chi connectivity index (χ4n) is 2.76. The maximum absolute atomic E-state index is 6.02. The molecular formula is C20H27NO2. The Morgan fingerprint density at radius 3 is 2.52 bits per heavy atom. The Morgan fingerprint density at radius 1 is 1.09 bits per heavy atom. The first-order valence-corrected chi connectivity index (χ1v) is 8.33. The van der Waals surface area contributed by atoms with Crippen LogP contribution in [0.4, 0.5) is 0 Å². The summed E-state index contributed by atoms with van der Waals surface area (Å²) in [6, 6.07) is 16.3. The highest BCUT2D eigenvalue weighted by Crippen LogP contribution is 2.30. The van der Waals surface area contributed by atoms with E-state index >= 15 is 0 Å². The lowest BCUT2D eigenvalue weighted by Gasteiger charge is -2.19. The van der Waals surface area contributed by atoms with Gasteiger partial charge in [0, 0.05) is 0 Å². The summed E-state index contributed by atoms with van der Waals surface area (Å²) >= 11 is 0. The topological polar surface area (TPSA) is 44.5 Å². The van der Waals surface area contributed by atoms with E-state index in [-0.39, 0.29) is 0 Å². The molecule has 23 heavy (non-hydrogen) atoms. The second-order valence-corrected chi connectivity index (χ2v) is 5.67. The van der Waals surface area contributed by atoms with E-state index in [0.29, 0.717) is 19.1 Å². The Morgan fingerprint density at radius 2 is 1.87 bits per heavy atom. The van der Waals surface area contributed by atoms with E-state index in [1.54, 1.807) is 7.11 Å². The molecule has 0 fully saturated rings. The lowest BCUT2D eigenvalue weighted by molar-refractivity contribution is 0.301. The number of para-hydroxylation sites is 1. The molecule has 2 rings (SSSR count). The second-order valence-electron chi connectivity index (χ2n) is 5.67. The van der Waals surface area contributed by atoms with Crippen molar-refractivity contribution >= 4 is 0 Å². The summed E-state index contributed by atoms with van der Waals surface area (Å²) in [5.74, 6) is 2.15. The molecular weight excluding hydrogens is 286 g/mol. The third-order valence-electron chi connectivity index (χ3n) is 4.14. The Balaban J connectivity index is 1.94. The number of hydrogen-bond acceptors (Lipinski definition) is 3. The average molecular weight is 313 g/mol. The van der Waals surface area contributed by atoms with Gasteiger partial charge in [0.2, 0.25) is 0 Å². The second kappa shape index (κ2) is 9.21. The lowest BCUT2D eigenvalue weighted by Crippen LogP contribution is -2.15. The molecule has 124 valence electrons. The van der Waals surface area contributed by atoms with Crippen LogP contribution >= 0.6 is 0 Å². The first-order chi connectivity index (χ1) is 11.3. The molecule has 2 aromatic rings. The van der Waals surface area contributed by atoms with Crippen LogP contribution in [0.5, 0.6) is 11.5 Å². The standard InChI is InChI=1S/C20H27NO2/c1-3-16-11-12-20(22-2)19(14-16)17(15-21)8-7-13-23-18-9-5-4-6-10-18/h4-6,9-12,14,17H,3,7-8,13,15,21H2,1-2H3. The first-order valence-electron chi connectivity index (χ1n) is 8.33. The smallest absolute Gasteiger partial charge is 0.122 e. The molecule has 0 aliphatic rings. The molecule has 0 saturated heterocycles. The number of ether oxygens (including phenoxy) is 2. The normalized spacial score (nSPS) is 12.0. The third-order valence-corrected chi connectivity index (χ3v) is 4.14. The Bertz CT molecular complexity index is 583.